The summed E-state index contributed by atoms with van der Waals surface area (Å²) < 4.78 is 0. The van der Waals surface area contributed by atoms with E-state index in [0.717, 1.165) is 31.5 Å². The van der Waals surface area contributed by atoms with Gasteiger partial charge in [0.25, 0.3) is 0 Å². The fraction of sp³-hybridized carbons (Fsp3) is 0.529. The van der Waals surface area contributed by atoms with Crippen LogP contribution in [-0.2, 0) is 16.0 Å². The summed E-state index contributed by atoms with van der Waals surface area (Å²) in [4.78, 5) is 24.0. The van der Waals surface area contributed by atoms with Crippen LogP contribution in [0.25, 0.3) is 0 Å². The van der Waals surface area contributed by atoms with Crippen LogP contribution in [0, 0.1) is 5.92 Å². The topological polar surface area (TPSA) is 70.2 Å². The summed E-state index contributed by atoms with van der Waals surface area (Å²) in [7, 11) is 0. The van der Waals surface area contributed by atoms with Gasteiger partial charge < -0.3 is 16.0 Å². The number of carbonyl (C=O) groups excluding carboxylic acids is 2. The molecule has 3 N–H and O–H groups in total. The predicted molar refractivity (Wildman–Crippen MR) is 87.6 cm³/mol. The first kappa shape index (κ1) is 16.5. The van der Waals surface area contributed by atoms with E-state index in [-0.39, 0.29) is 24.3 Å². The fourth-order valence-corrected chi connectivity index (χ4v) is 2.76. The number of rotatable bonds is 5. The largest absolute Gasteiger partial charge is 0.347 e. The molecule has 1 saturated heterocycles. The monoisotopic (exact) mass is 303 g/mol. The Kier molecular flexibility index (Phi) is 5.95. The number of piperidine rings is 1. The van der Waals surface area contributed by atoms with Crippen molar-refractivity contribution < 1.29 is 9.59 Å². The SMILES string of the molecule is CCc1cccc(NC(=O)CNC(=O)[C@H]2CCN[C@@H](C)C2)c1. The van der Waals surface area contributed by atoms with Gasteiger partial charge in [0.1, 0.15) is 0 Å². The van der Waals surface area contributed by atoms with Crippen molar-refractivity contribution in [3.8, 4) is 0 Å². The Balaban J connectivity index is 1.78. The minimum absolute atomic E-state index is 0.00692. The number of hydrogen-bond acceptors (Lipinski definition) is 3. The van der Waals surface area contributed by atoms with Crippen LogP contribution in [0.3, 0.4) is 0 Å². The van der Waals surface area contributed by atoms with Gasteiger partial charge in [0.15, 0.2) is 0 Å². The third-order valence-corrected chi connectivity index (χ3v) is 4.04. The summed E-state index contributed by atoms with van der Waals surface area (Å²) in [5, 5.41) is 8.88. The van der Waals surface area contributed by atoms with Crippen LogP contribution < -0.4 is 16.0 Å². The van der Waals surface area contributed by atoms with Crippen molar-refractivity contribution in [1.82, 2.24) is 10.6 Å². The molecule has 0 bridgehead atoms. The Bertz CT molecular complexity index is 530. The maximum absolute atomic E-state index is 12.1. The van der Waals surface area contributed by atoms with Crippen LogP contribution in [0.2, 0.25) is 0 Å². The molecule has 1 fully saturated rings. The molecular weight excluding hydrogens is 278 g/mol. The number of amides is 2. The average molecular weight is 303 g/mol. The van der Waals surface area contributed by atoms with Crippen LogP contribution in [0.5, 0.6) is 0 Å². The first-order chi connectivity index (χ1) is 10.6. The Labute approximate surface area is 131 Å². The standard InChI is InChI=1S/C17H25N3O2/c1-3-13-5-4-6-15(10-13)20-16(21)11-19-17(22)14-7-8-18-12(2)9-14/h4-6,10,12,14,18H,3,7-9,11H2,1-2H3,(H,19,22)(H,20,21)/t12-,14-/m0/s1. The number of nitrogens with one attached hydrogen (secondary N) is 3. The summed E-state index contributed by atoms with van der Waals surface area (Å²) in [6.45, 7) is 5.02. The van der Waals surface area contributed by atoms with E-state index in [1.165, 1.54) is 5.56 Å². The van der Waals surface area contributed by atoms with Gasteiger partial charge in [-0.2, -0.15) is 0 Å². The van der Waals surface area contributed by atoms with E-state index in [4.69, 9.17) is 0 Å². The van der Waals surface area contributed by atoms with Crippen molar-refractivity contribution in [3.63, 3.8) is 0 Å². The van der Waals surface area contributed by atoms with Crippen LogP contribution >= 0.6 is 0 Å². The lowest BCUT2D eigenvalue weighted by Gasteiger charge is -2.26. The van der Waals surface area contributed by atoms with Crippen molar-refractivity contribution in [1.29, 1.82) is 0 Å². The van der Waals surface area contributed by atoms with Crippen molar-refractivity contribution in [2.24, 2.45) is 5.92 Å². The zero-order chi connectivity index (χ0) is 15.9. The molecule has 0 radical (unpaired) electrons. The fourth-order valence-electron chi connectivity index (χ4n) is 2.76. The van der Waals surface area contributed by atoms with Crippen molar-refractivity contribution >= 4 is 17.5 Å². The third kappa shape index (κ3) is 4.84. The Hall–Kier alpha value is -1.88. The second-order valence-electron chi connectivity index (χ2n) is 5.90. The summed E-state index contributed by atoms with van der Waals surface area (Å²) in [6.07, 6.45) is 2.58. The van der Waals surface area contributed by atoms with Gasteiger partial charge >= 0.3 is 0 Å². The molecule has 1 aliphatic heterocycles. The number of benzene rings is 1. The quantitative estimate of drug-likeness (QED) is 0.775. The molecule has 2 amide bonds. The molecule has 1 aromatic rings. The molecule has 0 aliphatic carbocycles. The molecule has 0 saturated carbocycles. The van der Waals surface area contributed by atoms with Gasteiger partial charge in [0.05, 0.1) is 6.54 Å². The number of hydrogen-bond donors (Lipinski definition) is 3. The predicted octanol–water partition coefficient (Wildman–Crippen LogP) is 1.69. The zero-order valence-electron chi connectivity index (χ0n) is 13.3. The maximum atomic E-state index is 12.1. The summed E-state index contributed by atoms with van der Waals surface area (Å²) in [5.74, 6) is -0.207. The van der Waals surface area contributed by atoms with Gasteiger partial charge in [-0.1, -0.05) is 19.1 Å². The molecule has 0 unspecified atom stereocenters. The summed E-state index contributed by atoms with van der Waals surface area (Å²) >= 11 is 0. The number of aryl methyl sites for hydroxylation is 1. The molecule has 1 aliphatic rings. The summed E-state index contributed by atoms with van der Waals surface area (Å²) in [5.41, 5.74) is 1.94. The highest BCUT2D eigenvalue weighted by atomic mass is 16.2. The van der Waals surface area contributed by atoms with Crippen LogP contribution in [0.15, 0.2) is 24.3 Å². The molecule has 5 nitrogen and oxygen atoms in total. The van der Waals surface area contributed by atoms with Crippen molar-refractivity contribution in [2.45, 2.75) is 39.2 Å². The molecule has 1 heterocycles. The van der Waals surface area contributed by atoms with Gasteiger partial charge in [-0.3, -0.25) is 9.59 Å². The van der Waals surface area contributed by atoms with Gasteiger partial charge in [-0.25, -0.2) is 0 Å². The molecule has 120 valence electrons. The first-order valence-electron chi connectivity index (χ1n) is 7.98. The highest BCUT2D eigenvalue weighted by Gasteiger charge is 2.24. The second kappa shape index (κ2) is 7.94. The van der Waals surface area contributed by atoms with Gasteiger partial charge in [0.2, 0.25) is 11.8 Å². The van der Waals surface area contributed by atoms with E-state index < -0.39 is 0 Å². The number of anilines is 1. The lowest BCUT2D eigenvalue weighted by molar-refractivity contribution is -0.128. The van der Waals surface area contributed by atoms with E-state index >= 15 is 0 Å². The minimum Gasteiger partial charge on any atom is -0.347 e. The van der Waals surface area contributed by atoms with E-state index in [1.54, 1.807) is 0 Å². The van der Waals surface area contributed by atoms with Crippen molar-refractivity contribution in [3.05, 3.63) is 29.8 Å². The van der Waals surface area contributed by atoms with E-state index in [1.807, 2.05) is 24.3 Å². The first-order valence-corrected chi connectivity index (χ1v) is 7.98. The maximum Gasteiger partial charge on any atom is 0.243 e. The Morgan fingerprint density at radius 3 is 2.91 bits per heavy atom. The van der Waals surface area contributed by atoms with Gasteiger partial charge in [-0.15, -0.1) is 0 Å². The van der Waals surface area contributed by atoms with Gasteiger partial charge in [0, 0.05) is 17.6 Å². The molecule has 5 heteroatoms. The van der Waals surface area contributed by atoms with Crippen molar-refractivity contribution in [2.75, 3.05) is 18.4 Å². The van der Waals surface area contributed by atoms with E-state index in [2.05, 4.69) is 29.8 Å². The highest BCUT2D eigenvalue weighted by molar-refractivity contribution is 5.94. The normalized spacial score (nSPS) is 21.2. The highest BCUT2D eigenvalue weighted by Crippen LogP contribution is 2.16. The minimum atomic E-state index is -0.191. The lowest BCUT2D eigenvalue weighted by Crippen LogP contribution is -2.44. The van der Waals surface area contributed by atoms with Crippen LogP contribution in [0.1, 0.15) is 32.3 Å². The van der Waals surface area contributed by atoms with Gasteiger partial charge in [-0.05, 0) is 50.4 Å². The Morgan fingerprint density at radius 2 is 2.18 bits per heavy atom. The van der Waals surface area contributed by atoms with E-state index in [9.17, 15) is 9.59 Å². The van der Waals surface area contributed by atoms with Crippen LogP contribution in [0.4, 0.5) is 5.69 Å². The number of carbonyl (C=O) groups is 2. The molecule has 22 heavy (non-hydrogen) atoms. The zero-order valence-corrected chi connectivity index (χ0v) is 13.3. The summed E-state index contributed by atoms with van der Waals surface area (Å²) in [6, 6.07) is 8.11. The van der Waals surface area contributed by atoms with E-state index in [0.29, 0.717) is 6.04 Å². The molecule has 2 rings (SSSR count). The molecule has 0 spiro atoms. The average Bonchev–Trinajstić information content (AvgIpc) is 2.52. The molecule has 2 atom stereocenters. The molecular formula is C17H25N3O2. The lowest BCUT2D eigenvalue weighted by atomic mass is 9.92. The second-order valence-corrected chi connectivity index (χ2v) is 5.90. The smallest absolute Gasteiger partial charge is 0.243 e. The molecule has 1 aromatic carbocycles. The third-order valence-electron chi connectivity index (χ3n) is 4.04. The van der Waals surface area contributed by atoms with Crippen LogP contribution in [-0.4, -0.2) is 30.9 Å². The Morgan fingerprint density at radius 1 is 1.36 bits per heavy atom. The molecule has 0 aromatic heterocycles.